The summed E-state index contributed by atoms with van der Waals surface area (Å²) >= 11 is 0. The number of carbonyl (C=O) groups is 1. The highest BCUT2D eigenvalue weighted by Crippen LogP contribution is 2.42. The highest BCUT2D eigenvalue weighted by molar-refractivity contribution is 5.89. The zero-order valence-corrected chi connectivity index (χ0v) is 7.82. The largest absolute Gasteiger partial charge is 0.394 e. The Balaban J connectivity index is 1.97. The molecule has 1 aliphatic carbocycles. The van der Waals surface area contributed by atoms with Gasteiger partial charge in [0.2, 0.25) is 0 Å². The lowest BCUT2D eigenvalue weighted by Gasteiger charge is -2.41. The highest BCUT2D eigenvalue weighted by Gasteiger charge is 2.54. The normalized spacial score (nSPS) is 29.7. The van der Waals surface area contributed by atoms with Gasteiger partial charge in [-0.2, -0.15) is 0 Å². The second-order valence-corrected chi connectivity index (χ2v) is 3.82. The minimum Gasteiger partial charge on any atom is -0.394 e. The zero-order valence-electron chi connectivity index (χ0n) is 7.82. The maximum atomic E-state index is 11.8. The quantitative estimate of drug-likeness (QED) is 0.660. The molecule has 1 heterocycles. The van der Waals surface area contributed by atoms with E-state index in [4.69, 9.17) is 9.84 Å². The fourth-order valence-corrected chi connectivity index (χ4v) is 1.78. The van der Waals surface area contributed by atoms with Crippen molar-refractivity contribution in [3.05, 3.63) is 0 Å². The second-order valence-electron chi connectivity index (χ2n) is 3.82. The van der Waals surface area contributed by atoms with E-state index in [0.29, 0.717) is 0 Å². The Morgan fingerprint density at radius 3 is 2.69 bits per heavy atom. The van der Waals surface area contributed by atoms with Gasteiger partial charge in [0.1, 0.15) is 5.60 Å². The topological polar surface area (TPSA) is 49.8 Å². The number of ether oxygens (including phenoxy) is 1. The van der Waals surface area contributed by atoms with Crippen LogP contribution in [0.15, 0.2) is 0 Å². The van der Waals surface area contributed by atoms with Crippen LogP contribution in [0.4, 0.5) is 0 Å². The van der Waals surface area contributed by atoms with E-state index in [2.05, 4.69) is 0 Å². The van der Waals surface area contributed by atoms with E-state index in [-0.39, 0.29) is 18.6 Å². The number of nitrogens with zero attached hydrogens (tertiary/aromatic N) is 1. The van der Waals surface area contributed by atoms with Gasteiger partial charge in [-0.05, 0) is 19.3 Å². The molecule has 0 aromatic carbocycles. The molecule has 1 amide bonds. The monoisotopic (exact) mass is 185 g/mol. The van der Waals surface area contributed by atoms with Crippen molar-refractivity contribution in [3.63, 3.8) is 0 Å². The summed E-state index contributed by atoms with van der Waals surface area (Å²) in [5, 5.41) is 8.93. The second kappa shape index (κ2) is 2.96. The summed E-state index contributed by atoms with van der Waals surface area (Å²) in [7, 11) is 1.58. The minimum absolute atomic E-state index is 0.0418. The average Bonchev–Trinajstić information content (AvgIpc) is 2.83. The summed E-state index contributed by atoms with van der Waals surface area (Å²) in [5.74, 6) is 0.0697. The van der Waals surface area contributed by atoms with Crippen LogP contribution in [-0.4, -0.2) is 47.8 Å². The molecule has 4 nitrogen and oxygen atoms in total. The molecule has 1 atom stereocenters. The summed E-state index contributed by atoms with van der Waals surface area (Å²) in [5.41, 5.74) is -0.520. The number of rotatable bonds is 3. The van der Waals surface area contributed by atoms with Crippen molar-refractivity contribution in [1.82, 2.24) is 4.90 Å². The lowest BCUT2D eigenvalue weighted by molar-refractivity contribution is -0.154. The first-order chi connectivity index (χ1) is 6.23. The molecule has 0 aromatic heterocycles. The van der Waals surface area contributed by atoms with Crippen LogP contribution in [0.3, 0.4) is 0 Å². The minimum atomic E-state index is -0.520. The van der Waals surface area contributed by atoms with Gasteiger partial charge in [-0.15, -0.1) is 0 Å². The summed E-state index contributed by atoms with van der Waals surface area (Å²) in [6.45, 7) is 0.848. The van der Waals surface area contributed by atoms with Gasteiger partial charge in [0, 0.05) is 13.7 Å². The van der Waals surface area contributed by atoms with E-state index in [1.54, 1.807) is 12.0 Å². The SMILES string of the molecule is COC1(C(=O)N2CCC2CO)CC1. The first-order valence-electron chi connectivity index (χ1n) is 4.70. The van der Waals surface area contributed by atoms with E-state index in [1.807, 2.05) is 0 Å². The molecule has 0 bridgehead atoms. The Labute approximate surface area is 77.5 Å². The van der Waals surface area contributed by atoms with Gasteiger partial charge < -0.3 is 14.7 Å². The summed E-state index contributed by atoms with van der Waals surface area (Å²) in [4.78, 5) is 13.5. The third kappa shape index (κ3) is 1.25. The number of aliphatic hydroxyl groups excluding tert-OH is 1. The Morgan fingerprint density at radius 1 is 1.69 bits per heavy atom. The van der Waals surface area contributed by atoms with Crippen LogP contribution in [0, 0.1) is 0 Å². The van der Waals surface area contributed by atoms with Crippen molar-refractivity contribution >= 4 is 5.91 Å². The van der Waals surface area contributed by atoms with E-state index >= 15 is 0 Å². The van der Waals surface area contributed by atoms with Crippen LogP contribution in [0.2, 0.25) is 0 Å². The molecule has 1 N–H and O–H groups in total. The molecule has 0 aromatic rings. The molecule has 74 valence electrons. The van der Waals surface area contributed by atoms with Crippen LogP contribution >= 0.6 is 0 Å². The molecule has 1 saturated carbocycles. The van der Waals surface area contributed by atoms with Gasteiger partial charge in [0.05, 0.1) is 12.6 Å². The molecule has 13 heavy (non-hydrogen) atoms. The first-order valence-corrected chi connectivity index (χ1v) is 4.70. The summed E-state index contributed by atoms with van der Waals surface area (Å²) < 4.78 is 5.19. The fourth-order valence-electron chi connectivity index (χ4n) is 1.78. The number of hydrogen-bond donors (Lipinski definition) is 1. The third-order valence-electron chi connectivity index (χ3n) is 3.10. The Hall–Kier alpha value is -0.610. The van der Waals surface area contributed by atoms with Gasteiger partial charge in [0.15, 0.2) is 0 Å². The van der Waals surface area contributed by atoms with Gasteiger partial charge in [-0.25, -0.2) is 0 Å². The smallest absolute Gasteiger partial charge is 0.255 e. The highest BCUT2D eigenvalue weighted by atomic mass is 16.5. The van der Waals surface area contributed by atoms with E-state index in [9.17, 15) is 4.79 Å². The molecule has 1 unspecified atom stereocenters. The van der Waals surface area contributed by atoms with Crippen molar-refractivity contribution in [3.8, 4) is 0 Å². The lowest BCUT2D eigenvalue weighted by atomic mass is 10.0. The molecule has 0 spiro atoms. The van der Waals surface area contributed by atoms with Crippen molar-refractivity contribution in [2.75, 3.05) is 20.3 Å². The van der Waals surface area contributed by atoms with Crippen molar-refractivity contribution in [1.29, 1.82) is 0 Å². The number of methoxy groups -OCH3 is 1. The first kappa shape index (κ1) is 8.97. The molecule has 4 heteroatoms. The van der Waals surface area contributed by atoms with E-state index < -0.39 is 5.60 Å². The van der Waals surface area contributed by atoms with Crippen LogP contribution in [-0.2, 0) is 9.53 Å². The number of aliphatic hydroxyl groups is 1. The van der Waals surface area contributed by atoms with E-state index in [0.717, 1.165) is 25.8 Å². The Bertz CT molecular complexity index is 223. The standard InChI is InChI=1S/C9H15NO3/c1-13-9(3-4-9)8(12)10-5-2-7(10)6-11/h7,11H,2-6H2,1H3. The lowest BCUT2D eigenvalue weighted by Crippen LogP contribution is -2.57. The molecular formula is C9H15NO3. The Kier molecular flexibility index (Phi) is 2.04. The van der Waals surface area contributed by atoms with Crippen LogP contribution in [0.1, 0.15) is 19.3 Å². The number of carbonyl (C=O) groups excluding carboxylic acids is 1. The predicted octanol–water partition coefficient (Wildman–Crippen LogP) is -0.241. The molecule has 1 aliphatic heterocycles. The van der Waals surface area contributed by atoms with Crippen molar-refractivity contribution in [2.24, 2.45) is 0 Å². The van der Waals surface area contributed by atoms with Gasteiger partial charge >= 0.3 is 0 Å². The van der Waals surface area contributed by atoms with Crippen LogP contribution in [0.25, 0.3) is 0 Å². The average molecular weight is 185 g/mol. The van der Waals surface area contributed by atoms with Gasteiger partial charge in [0.25, 0.3) is 5.91 Å². The van der Waals surface area contributed by atoms with Crippen molar-refractivity contribution in [2.45, 2.75) is 30.9 Å². The van der Waals surface area contributed by atoms with E-state index in [1.165, 1.54) is 0 Å². The summed E-state index contributed by atoms with van der Waals surface area (Å²) in [6, 6.07) is 0.0418. The van der Waals surface area contributed by atoms with Gasteiger partial charge in [-0.1, -0.05) is 0 Å². The molecule has 2 aliphatic rings. The Morgan fingerprint density at radius 2 is 2.38 bits per heavy atom. The zero-order chi connectivity index (χ0) is 9.47. The molecule has 2 rings (SSSR count). The molecule has 0 radical (unpaired) electrons. The fraction of sp³-hybridized carbons (Fsp3) is 0.889. The van der Waals surface area contributed by atoms with Gasteiger partial charge in [-0.3, -0.25) is 4.79 Å². The predicted molar refractivity (Wildman–Crippen MR) is 46.2 cm³/mol. The third-order valence-corrected chi connectivity index (χ3v) is 3.10. The number of hydrogen-bond acceptors (Lipinski definition) is 3. The molecular weight excluding hydrogens is 170 g/mol. The molecule has 1 saturated heterocycles. The molecule has 2 fully saturated rings. The van der Waals surface area contributed by atoms with Crippen LogP contribution in [0.5, 0.6) is 0 Å². The summed E-state index contributed by atoms with van der Waals surface area (Å²) in [6.07, 6.45) is 2.58. The van der Waals surface area contributed by atoms with Crippen LogP contribution < -0.4 is 0 Å². The number of amides is 1. The maximum Gasteiger partial charge on any atom is 0.255 e. The maximum absolute atomic E-state index is 11.8. The number of likely N-dealkylation sites (tertiary alicyclic amines) is 1. The van der Waals surface area contributed by atoms with Crippen molar-refractivity contribution < 1.29 is 14.6 Å².